The van der Waals surface area contributed by atoms with E-state index in [4.69, 9.17) is 9.52 Å². The van der Waals surface area contributed by atoms with Crippen LogP contribution in [0.1, 0.15) is 36.8 Å². The van der Waals surface area contributed by atoms with Crippen LogP contribution < -0.4 is 10.9 Å². The second kappa shape index (κ2) is 8.37. The summed E-state index contributed by atoms with van der Waals surface area (Å²) in [7, 11) is 0. The van der Waals surface area contributed by atoms with Gasteiger partial charge in [-0.15, -0.1) is 0 Å². The molecular weight excluding hydrogens is 342 g/mol. The third-order valence-electron chi connectivity index (χ3n) is 4.07. The minimum atomic E-state index is -0.843. The van der Waals surface area contributed by atoms with E-state index in [1.54, 1.807) is 6.92 Å². The molecule has 1 heterocycles. The molecule has 0 bridgehead atoms. The molecule has 1 aromatic carbocycles. The van der Waals surface area contributed by atoms with Gasteiger partial charge >= 0.3 is 11.6 Å². The van der Waals surface area contributed by atoms with Crippen molar-refractivity contribution in [3.63, 3.8) is 0 Å². The largest absolute Gasteiger partial charge is 0.508 e. The van der Waals surface area contributed by atoms with Crippen LogP contribution in [0.25, 0.3) is 11.0 Å². The lowest BCUT2D eigenvalue weighted by molar-refractivity contribution is -0.137. The monoisotopic (exact) mass is 363 g/mol. The average molecular weight is 363 g/mol. The lowest BCUT2D eigenvalue weighted by Crippen LogP contribution is -2.28. The summed E-state index contributed by atoms with van der Waals surface area (Å²) in [6.45, 7) is 1.99. The number of nitrogens with one attached hydrogen (secondary N) is 1. The maximum Gasteiger partial charge on any atom is 0.340 e. The Hall–Kier alpha value is -3.03. The van der Waals surface area contributed by atoms with E-state index >= 15 is 0 Å². The number of aryl methyl sites for hydroxylation is 1. The van der Waals surface area contributed by atoms with Crippen LogP contribution in [-0.2, 0) is 16.0 Å². The highest BCUT2D eigenvalue weighted by molar-refractivity contribution is 5.89. The molecule has 8 nitrogen and oxygen atoms in total. The zero-order valence-corrected chi connectivity index (χ0v) is 14.4. The number of phenols is 2. The molecule has 0 saturated carbocycles. The normalized spacial score (nSPS) is 10.8. The predicted molar refractivity (Wildman–Crippen MR) is 93.4 cm³/mol. The Morgan fingerprint density at radius 1 is 1.15 bits per heavy atom. The van der Waals surface area contributed by atoms with Crippen molar-refractivity contribution in [3.8, 4) is 11.5 Å². The molecule has 1 amide bonds. The van der Waals surface area contributed by atoms with E-state index in [2.05, 4.69) is 5.32 Å². The van der Waals surface area contributed by atoms with Gasteiger partial charge < -0.3 is 25.1 Å². The van der Waals surface area contributed by atoms with Crippen LogP contribution >= 0.6 is 0 Å². The molecule has 140 valence electrons. The molecule has 0 unspecified atom stereocenters. The van der Waals surface area contributed by atoms with Crippen molar-refractivity contribution >= 4 is 22.8 Å². The molecule has 0 atom stereocenters. The summed E-state index contributed by atoms with van der Waals surface area (Å²) in [5.74, 6) is -1.67. The smallest absolute Gasteiger partial charge is 0.340 e. The Morgan fingerprint density at radius 2 is 1.88 bits per heavy atom. The lowest BCUT2D eigenvalue weighted by atomic mass is 10.0. The fourth-order valence-corrected chi connectivity index (χ4v) is 2.74. The molecule has 0 radical (unpaired) electrons. The number of hydrogen-bond acceptors (Lipinski definition) is 6. The number of phenolic OH excluding ortho intramolecular Hbond substituents is 2. The van der Waals surface area contributed by atoms with E-state index in [-0.39, 0.29) is 46.8 Å². The number of fused-ring (bicyclic) bond motifs is 1. The van der Waals surface area contributed by atoms with Gasteiger partial charge in [-0.05, 0) is 25.3 Å². The van der Waals surface area contributed by atoms with Crippen molar-refractivity contribution in [1.82, 2.24) is 5.32 Å². The van der Waals surface area contributed by atoms with Gasteiger partial charge in [0, 0.05) is 25.1 Å². The van der Waals surface area contributed by atoms with Crippen molar-refractivity contribution in [1.29, 1.82) is 0 Å². The Kier molecular flexibility index (Phi) is 6.21. The molecule has 0 fully saturated rings. The van der Waals surface area contributed by atoms with Gasteiger partial charge in [-0.25, -0.2) is 4.79 Å². The highest BCUT2D eigenvalue weighted by Crippen LogP contribution is 2.32. The van der Waals surface area contributed by atoms with Crippen LogP contribution in [0, 0.1) is 6.92 Å². The van der Waals surface area contributed by atoms with Crippen molar-refractivity contribution < 1.29 is 29.3 Å². The standard InChI is InChI=1S/C18H21NO7/c1-10-12(9-15(22)19-6-4-2-3-5-16(23)24)18(25)26-14-8-11(20)7-13(21)17(10)14/h7-8,20-21H,2-6,9H2,1H3,(H,19,22)(H,23,24). The molecular formula is C18H21NO7. The molecule has 8 heteroatoms. The first-order valence-electron chi connectivity index (χ1n) is 8.26. The number of amides is 1. The lowest BCUT2D eigenvalue weighted by Gasteiger charge is -2.10. The van der Waals surface area contributed by atoms with Gasteiger partial charge in [0.1, 0.15) is 17.1 Å². The van der Waals surface area contributed by atoms with E-state index < -0.39 is 11.6 Å². The third-order valence-corrected chi connectivity index (χ3v) is 4.07. The quantitative estimate of drug-likeness (QED) is 0.414. The van der Waals surface area contributed by atoms with Crippen LogP contribution in [0.2, 0.25) is 0 Å². The second-order valence-electron chi connectivity index (χ2n) is 6.06. The second-order valence-corrected chi connectivity index (χ2v) is 6.06. The molecule has 1 aromatic heterocycles. The summed E-state index contributed by atoms with van der Waals surface area (Å²) in [5.41, 5.74) is -0.0866. The van der Waals surface area contributed by atoms with Crippen molar-refractivity contribution in [2.24, 2.45) is 0 Å². The Labute approximate surface area is 149 Å². The zero-order chi connectivity index (χ0) is 19.3. The first-order valence-corrected chi connectivity index (χ1v) is 8.26. The zero-order valence-electron chi connectivity index (χ0n) is 14.4. The Morgan fingerprint density at radius 3 is 2.58 bits per heavy atom. The van der Waals surface area contributed by atoms with Gasteiger partial charge in [-0.3, -0.25) is 9.59 Å². The van der Waals surface area contributed by atoms with Crippen LogP contribution in [-0.4, -0.2) is 33.7 Å². The maximum atomic E-state index is 12.1. The minimum Gasteiger partial charge on any atom is -0.508 e. The first-order chi connectivity index (χ1) is 12.3. The summed E-state index contributed by atoms with van der Waals surface area (Å²) < 4.78 is 5.11. The molecule has 0 spiro atoms. The van der Waals surface area contributed by atoms with Gasteiger partial charge in [0.2, 0.25) is 5.91 Å². The highest BCUT2D eigenvalue weighted by Gasteiger charge is 2.17. The van der Waals surface area contributed by atoms with Crippen LogP contribution in [0.15, 0.2) is 21.3 Å². The number of hydrogen-bond donors (Lipinski definition) is 4. The van der Waals surface area contributed by atoms with Crippen molar-refractivity contribution in [3.05, 3.63) is 33.7 Å². The summed E-state index contributed by atoms with van der Waals surface area (Å²) in [6.07, 6.45) is 1.78. The minimum absolute atomic E-state index is 0.0487. The maximum absolute atomic E-state index is 12.1. The van der Waals surface area contributed by atoms with Gasteiger partial charge in [0.25, 0.3) is 0 Å². The van der Waals surface area contributed by atoms with Crippen LogP contribution in [0.3, 0.4) is 0 Å². The number of carboxylic acid groups (broad SMARTS) is 1. The number of unbranched alkanes of at least 4 members (excludes halogenated alkanes) is 2. The molecule has 4 N–H and O–H groups in total. The van der Waals surface area contributed by atoms with Gasteiger partial charge in [0.05, 0.1) is 17.4 Å². The van der Waals surface area contributed by atoms with Crippen LogP contribution in [0.4, 0.5) is 0 Å². The summed E-state index contributed by atoms with van der Waals surface area (Å²) in [4.78, 5) is 34.6. The summed E-state index contributed by atoms with van der Waals surface area (Å²) >= 11 is 0. The Balaban J connectivity index is 2.03. The third kappa shape index (κ3) is 4.75. The number of aromatic hydroxyl groups is 2. The summed E-state index contributed by atoms with van der Waals surface area (Å²) in [6, 6.07) is 2.36. The summed E-state index contributed by atoms with van der Waals surface area (Å²) in [5, 5.41) is 31.0. The van der Waals surface area contributed by atoms with E-state index in [0.717, 1.165) is 6.07 Å². The van der Waals surface area contributed by atoms with E-state index in [9.17, 15) is 24.6 Å². The van der Waals surface area contributed by atoms with E-state index in [1.165, 1.54) is 6.07 Å². The average Bonchev–Trinajstić information content (AvgIpc) is 2.53. The molecule has 2 rings (SSSR count). The first kappa shape index (κ1) is 19.3. The number of carbonyl (C=O) groups is 2. The fraction of sp³-hybridized carbons (Fsp3) is 0.389. The highest BCUT2D eigenvalue weighted by atomic mass is 16.4. The van der Waals surface area contributed by atoms with E-state index in [1.807, 2.05) is 0 Å². The van der Waals surface area contributed by atoms with Crippen LogP contribution in [0.5, 0.6) is 11.5 Å². The number of carboxylic acids is 1. The van der Waals surface area contributed by atoms with E-state index in [0.29, 0.717) is 31.4 Å². The van der Waals surface area contributed by atoms with Gasteiger partial charge in [0.15, 0.2) is 0 Å². The van der Waals surface area contributed by atoms with Crippen molar-refractivity contribution in [2.45, 2.75) is 39.0 Å². The number of rotatable bonds is 8. The van der Waals surface area contributed by atoms with Gasteiger partial charge in [-0.2, -0.15) is 0 Å². The molecule has 0 aliphatic rings. The fourth-order valence-electron chi connectivity index (χ4n) is 2.74. The molecule has 2 aromatic rings. The molecule has 0 aliphatic heterocycles. The number of benzene rings is 1. The predicted octanol–water partition coefficient (Wildman–Crippen LogP) is 1.82. The van der Waals surface area contributed by atoms with Gasteiger partial charge in [-0.1, -0.05) is 6.42 Å². The number of carbonyl (C=O) groups excluding carboxylic acids is 1. The Bertz CT molecular complexity index is 885. The SMILES string of the molecule is Cc1c(CC(=O)NCCCCCC(=O)O)c(=O)oc2cc(O)cc(O)c12. The topological polar surface area (TPSA) is 137 Å². The molecule has 26 heavy (non-hydrogen) atoms. The molecule has 0 aliphatic carbocycles. The molecule has 0 saturated heterocycles. The van der Waals surface area contributed by atoms with Crippen molar-refractivity contribution in [2.75, 3.05) is 6.54 Å². The number of aliphatic carboxylic acids is 1.